The van der Waals surface area contributed by atoms with Crippen LogP contribution in [0.4, 0.5) is 0 Å². The lowest BCUT2D eigenvalue weighted by Gasteiger charge is -2.01. The van der Waals surface area contributed by atoms with E-state index in [-0.39, 0.29) is 17.4 Å². The highest BCUT2D eigenvalue weighted by Crippen LogP contribution is 1.94. The first-order valence-corrected chi connectivity index (χ1v) is 8.15. The molecule has 0 aromatic heterocycles. The minimum atomic E-state index is -0.935. The molecular formula is C19H33NO6. The second-order valence-corrected chi connectivity index (χ2v) is 5.38. The molecule has 2 N–H and O–H groups in total. The minimum Gasteiger partial charge on any atom is -0.478 e. The van der Waals surface area contributed by atoms with Crippen molar-refractivity contribution in [2.24, 2.45) is 0 Å². The third-order valence-corrected chi connectivity index (χ3v) is 2.42. The fourth-order valence-corrected chi connectivity index (χ4v) is 0.850. The molecule has 1 amide bonds. The zero-order valence-electron chi connectivity index (χ0n) is 16.6. The molecule has 0 atom stereocenters. The second-order valence-electron chi connectivity index (χ2n) is 5.38. The maximum Gasteiger partial charge on any atom is 0.333 e. The van der Waals surface area contributed by atoms with Crippen LogP contribution < -0.4 is 5.32 Å². The molecule has 0 spiro atoms. The third-order valence-electron chi connectivity index (χ3n) is 2.42. The SMILES string of the molecule is C=C(C)C(=O)NCCOC.C=C(C)C(=O)O.C=C(C)C(=O)OCCCC. The van der Waals surface area contributed by atoms with Crippen LogP contribution in [0.25, 0.3) is 0 Å². The van der Waals surface area contributed by atoms with E-state index in [2.05, 4.69) is 32.0 Å². The summed E-state index contributed by atoms with van der Waals surface area (Å²) >= 11 is 0. The minimum absolute atomic E-state index is 0.114. The average molecular weight is 371 g/mol. The molecule has 0 aliphatic carbocycles. The van der Waals surface area contributed by atoms with Crippen molar-refractivity contribution in [1.29, 1.82) is 0 Å². The molecule has 7 heteroatoms. The zero-order chi connectivity index (χ0) is 21.1. The first kappa shape index (κ1) is 28.4. The fourth-order valence-electron chi connectivity index (χ4n) is 0.850. The van der Waals surface area contributed by atoms with E-state index in [0.717, 1.165) is 12.8 Å². The van der Waals surface area contributed by atoms with Crippen LogP contribution in [0.5, 0.6) is 0 Å². The topological polar surface area (TPSA) is 102 Å². The summed E-state index contributed by atoms with van der Waals surface area (Å²) in [6, 6.07) is 0. The first-order valence-electron chi connectivity index (χ1n) is 8.15. The van der Waals surface area contributed by atoms with E-state index in [1.54, 1.807) is 21.0 Å². The normalized spacial score (nSPS) is 8.65. The Balaban J connectivity index is -0.000000316. The van der Waals surface area contributed by atoms with Gasteiger partial charge in [-0.05, 0) is 27.2 Å². The van der Waals surface area contributed by atoms with Gasteiger partial charge in [-0.1, -0.05) is 33.1 Å². The summed E-state index contributed by atoms with van der Waals surface area (Å²) in [4.78, 5) is 31.0. The summed E-state index contributed by atoms with van der Waals surface area (Å²) in [6.07, 6.45) is 1.97. The molecule has 0 heterocycles. The van der Waals surface area contributed by atoms with Crippen LogP contribution in [0, 0.1) is 0 Å². The maximum atomic E-state index is 10.8. The number of carbonyl (C=O) groups excluding carboxylic acids is 2. The predicted molar refractivity (Wildman–Crippen MR) is 103 cm³/mol. The maximum absolute atomic E-state index is 10.8. The summed E-state index contributed by atoms with van der Waals surface area (Å²) in [5, 5.41) is 10.5. The Bertz CT molecular complexity index is 438. The molecule has 0 aromatic carbocycles. The van der Waals surface area contributed by atoms with Gasteiger partial charge in [-0.3, -0.25) is 4.79 Å². The van der Waals surface area contributed by atoms with Crippen molar-refractivity contribution in [3.8, 4) is 0 Å². The van der Waals surface area contributed by atoms with Crippen LogP contribution in [0.3, 0.4) is 0 Å². The van der Waals surface area contributed by atoms with Gasteiger partial charge < -0.3 is 19.9 Å². The van der Waals surface area contributed by atoms with Gasteiger partial charge in [-0.2, -0.15) is 0 Å². The number of amides is 1. The quantitative estimate of drug-likeness (QED) is 0.367. The number of carboxylic acids is 1. The number of aliphatic carboxylic acids is 1. The van der Waals surface area contributed by atoms with Gasteiger partial charge in [-0.15, -0.1) is 0 Å². The Morgan fingerprint density at radius 1 is 0.962 bits per heavy atom. The highest BCUT2D eigenvalue weighted by atomic mass is 16.5. The number of carbonyl (C=O) groups is 3. The lowest BCUT2D eigenvalue weighted by molar-refractivity contribution is -0.139. The number of ether oxygens (including phenoxy) is 2. The van der Waals surface area contributed by atoms with Gasteiger partial charge in [0.2, 0.25) is 5.91 Å². The molecule has 0 radical (unpaired) electrons. The smallest absolute Gasteiger partial charge is 0.333 e. The Labute approximate surface area is 156 Å². The van der Waals surface area contributed by atoms with Crippen LogP contribution in [-0.2, 0) is 23.9 Å². The summed E-state index contributed by atoms with van der Waals surface area (Å²) < 4.78 is 9.53. The van der Waals surface area contributed by atoms with E-state index in [1.807, 2.05) is 0 Å². The molecule has 0 aliphatic rings. The van der Waals surface area contributed by atoms with Crippen molar-refractivity contribution in [3.63, 3.8) is 0 Å². The monoisotopic (exact) mass is 371 g/mol. The van der Waals surface area contributed by atoms with Gasteiger partial charge >= 0.3 is 11.9 Å². The van der Waals surface area contributed by atoms with E-state index in [1.165, 1.54) is 6.92 Å². The zero-order valence-corrected chi connectivity index (χ0v) is 16.6. The molecule has 0 saturated heterocycles. The molecule has 26 heavy (non-hydrogen) atoms. The third kappa shape index (κ3) is 23.9. The van der Waals surface area contributed by atoms with Crippen molar-refractivity contribution in [3.05, 3.63) is 36.5 Å². The van der Waals surface area contributed by atoms with E-state index in [0.29, 0.717) is 30.9 Å². The Morgan fingerprint density at radius 3 is 1.77 bits per heavy atom. The summed E-state index contributed by atoms with van der Waals surface area (Å²) in [7, 11) is 1.59. The predicted octanol–water partition coefficient (Wildman–Crippen LogP) is 2.88. The van der Waals surface area contributed by atoms with E-state index in [4.69, 9.17) is 14.6 Å². The molecule has 0 bridgehead atoms. The van der Waals surface area contributed by atoms with Crippen LogP contribution in [0.2, 0.25) is 0 Å². The van der Waals surface area contributed by atoms with Crippen molar-refractivity contribution >= 4 is 17.8 Å². The van der Waals surface area contributed by atoms with Gasteiger partial charge in [0.15, 0.2) is 0 Å². The van der Waals surface area contributed by atoms with Crippen LogP contribution in [-0.4, -0.2) is 49.8 Å². The highest BCUT2D eigenvalue weighted by Gasteiger charge is 2.00. The largest absolute Gasteiger partial charge is 0.478 e. The summed E-state index contributed by atoms with van der Waals surface area (Å²) in [5.41, 5.74) is 1.17. The van der Waals surface area contributed by atoms with Gasteiger partial charge in [0.1, 0.15) is 0 Å². The van der Waals surface area contributed by atoms with Gasteiger partial charge in [0, 0.05) is 30.4 Å². The molecule has 0 aromatic rings. The van der Waals surface area contributed by atoms with E-state index < -0.39 is 5.97 Å². The van der Waals surface area contributed by atoms with Crippen molar-refractivity contribution in [2.45, 2.75) is 40.5 Å². The molecule has 7 nitrogen and oxygen atoms in total. The number of hydrogen-bond donors (Lipinski definition) is 2. The molecule has 0 aliphatic heterocycles. The fraction of sp³-hybridized carbons (Fsp3) is 0.526. The number of esters is 1. The lowest BCUT2D eigenvalue weighted by Crippen LogP contribution is -2.27. The summed E-state index contributed by atoms with van der Waals surface area (Å²) in [5.74, 6) is -1.33. The van der Waals surface area contributed by atoms with Crippen molar-refractivity contribution < 1.29 is 29.0 Å². The highest BCUT2D eigenvalue weighted by molar-refractivity contribution is 5.92. The standard InChI is InChI=1S/C8H14O2.C7H13NO2.C4H6O2/c1-4-5-6-10-8(9)7(2)3;1-6(2)7(9)8-4-5-10-3;1-3(2)4(5)6/h2,4-6H2,1,3H3;1,4-5H2,2-3H3,(H,8,9);1H2,2H3,(H,5,6). The summed E-state index contributed by atoms with van der Waals surface area (Å²) in [6.45, 7) is 18.5. The van der Waals surface area contributed by atoms with Crippen LogP contribution >= 0.6 is 0 Å². The molecular weight excluding hydrogens is 338 g/mol. The van der Waals surface area contributed by atoms with Gasteiger partial charge in [0.05, 0.1) is 13.2 Å². The van der Waals surface area contributed by atoms with Gasteiger partial charge in [0.25, 0.3) is 0 Å². The van der Waals surface area contributed by atoms with Crippen LogP contribution in [0.15, 0.2) is 36.5 Å². The Kier molecular flexibility index (Phi) is 20.7. The number of hydrogen-bond acceptors (Lipinski definition) is 5. The molecule has 0 saturated carbocycles. The van der Waals surface area contributed by atoms with Crippen molar-refractivity contribution in [2.75, 3.05) is 26.9 Å². The molecule has 0 unspecified atom stereocenters. The Morgan fingerprint density at radius 2 is 1.46 bits per heavy atom. The van der Waals surface area contributed by atoms with Crippen LogP contribution in [0.1, 0.15) is 40.5 Å². The number of rotatable bonds is 9. The number of methoxy groups -OCH3 is 1. The lowest BCUT2D eigenvalue weighted by atomic mass is 10.3. The number of carboxylic acid groups (broad SMARTS) is 1. The van der Waals surface area contributed by atoms with E-state index in [9.17, 15) is 14.4 Å². The Hall–Kier alpha value is -2.41. The van der Waals surface area contributed by atoms with E-state index >= 15 is 0 Å². The number of unbranched alkanes of at least 4 members (excludes halogenated alkanes) is 1. The molecule has 0 fully saturated rings. The molecule has 150 valence electrons. The number of nitrogens with one attached hydrogen (secondary N) is 1. The second kappa shape index (κ2) is 18.9. The molecule has 0 rings (SSSR count). The first-order chi connectivity index (χ1) is 12.0. The van der Waals surface area contributed by atoms with Crippen molar-refractivity contribution in [1.82, 2.24) is 5.32 Å². The average Bonchev–Trinajstić information content (AvgIpc) is 2.55. The van der Waals surface area contributed by atoms with Gasteiger partial charge in [-0.25, -0.2) is 9.59 Å².